The van der Waals surface area contributed by atoms with E-state index in [4.69, 9.17) is 0 Å². The molecule has 3 N–H and O–H groups in total. The van der Waals surface area contributed by atoms with Crippen molar-refractivity contribution < 1.29 is 9.90 Å². The summed E-state index contributed by atoms with van der Waals surface area (Å²) in [5, 5.41) is 16.5. The van der Waals surface area contributed by atoms with Crippen LogP contribution in [0.4, 0.5) is 17.2 Å². The molecular weight excluding hydrogens is 426 g/mol. The smallest absolute Gasteiger partial charge is 0.291 e. The van der Waals surface area contributed by atoms with Gasteiger partial charge in [-0.15, -0.1) is 0 Å². The van der Waals surface area contributed by atoms with Crippen LogP contribution < -0.4 is 21.8 Å². The van der Waals surface area contributed by atoms with E-state index >= 15 is 0 Å². The Bertz CT molecular complexity index is 1280. The van der Waals surface area contributed by atoms with Crippen LogP contribution in [0.5, 0.6) is 5.75 Å². The SMILES string of the molecule is CCC(Nc1c(Nc2ncnc(C(=O)N(C)C)c2O)c(=O)n(C)n(C)c1=O)c1ccccc1. The lowest BCUT2D eigenvalue weighted by molar-refractivity contribution is 0.0818. The van der Waals surface area contributed by atoms with E-state index in [-0.39, 0.29) is 28.9 Å². The van der Waals surface area contributed by atoms with Gasteiger partial charge < -0.3 is 20.6 Å². The molecule has 1 amide bonds. The number of rotatable bonds is 7. The normalized spacial score (nSPS) is 11.7. The number of benzene rings is 1. The number of hydrogen-bond donors (Lipinski definition) is 3. The second-order valence-corrected chi connectivity index (χ2v) is 7.67. The number of anilines is 3. The Morgan fingerprint density at radius 2 is 1.67 bits per heavy atom. The van der Waals surface area contributed by atoms with Crippen LogP contribution in [0.1, 0.15) is 35.4 Å². The van der Waals surface area contributed by atoms with E-state index in [2.05, 4.69) is 20.6 Å². The molecule has 0 aliphatic rings. The van der Waals surface area contributed by atoms with Crippen LogP contribution in [0.15, 0.2) is 46.2 Å². The van der Waals surface area contributed by atoms with Crippen molar-refractivity contribution in [3.8, 4) is 5.75 Å². The number of amides is 1. The standard InChI is InChI=1S/C22H27N7O4/c1-6-14(13-10-8-7-9-11-13)25-15-16(22(33)29(5)28(4)21(15)32)26-19-18(30)17(23-12-24-19)20(31)27(2)3/h7-12,14,25,30H,6H2,1-5H3,(H,23,24,26). The molecule has 0 aliphatic carbocycles. The first kappa shape index (κ1) is 23.5. The van der Waals surface area contributed by atoms with Crippen molar-refractivity contribution in [1.29, 1.82) is 0 Å². The molecule has 174 valence electrons. The van der Waals surface area contributed by atoms with Crippen LogP contribution in [0.3, 0.4) is 0 Å². The van der Waals surface area contributed by atoms with E-state index in [1.165, 1.54) is 37.8 Å². The topological polar surface area (TPSA) is 134 Å². The highest BCUT2D eigenvalue weighted by Crippen LogP contribution is 2.29. The van der Waals surface area contributed by atoms with Gasteiger partial charge >= 0.3 is 0 Å². The number of carbonyl (C=O) groups is 1. The molecule has 1 aromatic carbocycles. The van der Waals surface area contributed by atoms with Gasteiger partial charge in [0.05, 0.1) is 6.04 Å². The molecule has 3 rings (SSSR count). The molecule has 0 aliphatic heterocycles. The Morgan fingerprint density at radius 3 is 2.24 bits per heavy atom. The minimum atomic E-state index is -0.539. The van der Waals surface area contributed by atoms with Crippen LogP contribution in [-0.2, 0) is 14.1 Å². The minimum absolute atomic E-state index is 0.0230. The molecule has 2 aromatic heterocycles. The van der Waals surface area contributed by atoms with E-state index in [9.17, 15) is 19.5 Å². The maximum atomic E-state index is 13.1. The Kier molecular flexibility index (Phi) is 6.80. The third kappa shape index (κ3) is 4.56. The molecule has 33 heavy (non-hydrogen) atoms. The van der Waals surface area contributed by atoms with Gasteiger partial charge in [-0.05, 0) is 12.0 Å². The molecule has 0 saturated heterocycles. The summed E-state index contributed by atoms with van der Waals surface area (Å²) in [5.74, 6) is -1.24. The summed E-state index contributed by atoms with van der Waals surface area (Å²) in [6, 6.07) is 9.28. The fraction of sp³-hybridized carbons (Fsp3) is 0.318. The zero-order valence-corrected chi connectivity index (χ0v) is 19.2. The quantitative estimate of drug-likeness (QED) is 0.491. The van der Waals surface area contributed by atoms with E-state index in [0.717, 1.165) is 16.6 Å². The number of carbonyl (C=O) groups excluding carboxylic acids is 1. The lowest BCUT2D eigenvalue weighted by Crippen LogP contribution is -2.38. The highest BCUT2D eigenvalue weighted by atomic mass is 16.3. The maximum absolute atomic E-state index is 13.1. The fourth-order valence-electron chi connectivity index (χ4n) is 3.30. The minimum Gasteiger partial charge on any atom is -0.503 e. The van der Waals surface area contributed by atoms with Crippen LogP contribution in [0, 0.1) is 0 Å². The summed E-state index contributed by atoms with van der Waals surface area (Å²) < 4.78 is 2.33. The van der Waals surface area contributed by atoms with Crippen LogP contribution in [0.25, 0.3) is 0 Å². The van der Waals surface area contributed by atoms with Gasteiger partial charge in [0.15, 0.2) is 17.3 Å². The van der Waals surface area contributed by atoms with Gasteiger partial charge in [-0.3, -0.25) is 14.4 Å². The van der Waals surface area contributed by atoms with E-state index < -0.39 is 22.8 Å². The number of nitrogens with zero attached hydrogens (tertiary/aromatic N) is 5. The van der Waals surface area contributed by atoms with Crippen molar-refractivity contribution >= 4 is 23.1 Å². The molecule has 11 heteroatoms. The summed E-state index contributed by atoms with van der Waals surface area (Å²) >= 11 is 0. The van der Waals surface area contributed by atoms with Crippen molar-refractivity contribution in [3.05, 3.63) is 68.6 Å². The van der Waals surface area contributed by atoms with Crippen molar-refractivity contribution in [3.63, 3.8) is 0 Å². The first-order valence-corrected chi connectivity index (χ1v) is 10.3. The van der Waals surface area contributed by atoms with Crippen molar-refractivity contribution in [2.45, 2.75) is 19.4 Å². The predicted octanol–water partition coefficient (Wildman–Crippen LogP) is 1.59. The zero-order chi connectivity index (χ0) is 24.3. The lowest BCUT2D eigenvalue weighted by atomic mass is 10.0. The summed E-state index contributed by atoms with van der Waals surface area (Å²) in [7, 11) is 5.97. The van der Waals surface area contributed by atoms with E-state index in [1.54, 1.807) is 0 Å². The summed E-state index contributed by atoms with van der Waals surface area (Å²) in [6.45, 7) is 1.96. The molecule has 0 spiro atoms. The molecule has 11 nitrogen and oxygen atoms in total. The molecular formula is C22H27N7O4. The van der Waals surface area contributed by atoms with Gasteiger partial charge in [-0.2, -0.15) is 0 Å². The van der Waals surface area contributed by atoms with Crippen LogP contribution in [-0.4, -0.2) is 49.3 Å². The third-order valence-corrected chi connectivity index (χ3v) is 5.32. The average molecular weight is 454 g/mol. The zero-order valence-electron chi connectivity index (χ0n) is 19.2. The van der Waals surface area contributed by atoms with Gasteiger partial charge in [-0.1, -0.05) is 37.3 Å². The number of aromatic nitrogens is 4. The second kappa shape index (κ2) is 9.55. The maximum Gasteiger partial charge on any atom is 0.291 e. The Morgan fingerprint density at radius 1 is 1.06 bits per heavy atom. The number of nitrogens with one attached hydrogen (secondary N) is 2. The van der Waals surface area contributed by atoms with Gasteiger partial charge in [-0.25, -0.2) is 19.3 Å². The van der Waals surface area contributed by atoms with Crippen LogP contribution in [0.2, 0.25) is 0 Å². The molecule has 1 atom stereocenters. The largest absolute Gasteiger partial charge is 0.503 e. The van der Waals surface area contributed by atoms with E-state index in [0.29, 0.717) is 6.42 Å². The van der Waals surface area contributed by atoms with Gasteiger partial charge in [0.25, 0.3) is 17.0 Å². The molecule has 0 bridgehead atoms. The number of aromatic hydroxyl groups is 1. The highest BCUT2D eigenvalue weighted by Gasteiger charge is 2.24. The average Bonchev–Trinajstić information content (AvgIpc) is 2.82. The molecule has 0 radical (unpaired) electrons. The first-order chi connectivity index (χ1) is 15.7. The Balaban J connectivity index is 2.13. The van der Waals surface area contributed by atoms with Crippen LogP contribution >= 0.6 is 0 Å². The Labute approximate surface area is 190 Å². The van der Waals surface area contributed by atoms with Crippen molar-refractivity contribution in [1.82, 2.24) is 24.2 Å². The number of hydrogen-bond acceptors (Lipinski definition) is 8. The molecule has 0 saturated carbocycles. The van der Waals surface area contributed by atoms with Gasteiger partial charge in [0.2, 0.25) is 0 Å². The molecule has 2 heterocycles. The Hall–Kier alpha value is -4.15. The van der Waals surface area contributed by atoms with Gasteiger partial charge in [0.1, 0.15) is 17.7 Å². The molecule has 3 aromatic rings. The predicted molar refractivity (Wildman–Crippen MR) is 125 cm³/mol. The molecule has 0 fully saturated rings. The summed E-state index contributed by atoms with van der Waals surface area (Å²) in [5.41, 5.74) is -0.351. The monoisotopic (exact) mass is 453 g/mol. The third-order valence-electron chi connectivity index (χ3n) is 5.32. The lowest BCUT2D eigenvalue weighted by Gasteiger charge is -2.22. The summed E-state index contributed by atoms with van der Waals surface area (Å²) in [4.78, 5) is 47.6. The first-order valence-electron chi connectivity index (χ1n) is 10.3. The van der Waals surface area contributed by atoms with Crippen molar-refractivity contribution in [2.24, 2.45) is 14.1 Å². The fourth-order valence-corrected chi connectivity index (χ4v) is 3.30. The van der Waals surface area contributed by atoms with E-state index in [1.807, 2.05) is 37.3 Å². The van der Waals surface area contributed by atoms with Crippen molar-refractivity contribution in [2.75, 3.05) is 24.7 Å². The second-order valence-electron chi connectivity index (χ2n) is 7.67. The van der Waals surface area contributed by atoms with Gasteiger partial charge in [0, 0.05) is 28.2 Å². The molecule has 1 unspecified atom stereocenters. The summed E-state index contributed by atoms with van der Waals surface area (Å²) in [6.07, 6.45) is 1.73. The highest BCUT2D eigenvalue weighted by molar-refractivity contribution is 5.96.